The third-order valence-electron chi connectivity index (χ3n) is 6.00. The van der Waals surface area contributed by atoms with E-state index in [0.717, 1.165) is 19.4 Å². The van der Waals surface area contributed by atoms with Gasteiger partial charge in [0.25, 0.3) is 0 Å². The lowest BCUT2D eigenvalue weighted by Gasteiger charge is -2.42. The molecule has 1 aromatic carbocycles. The molecule has 0 radical (unpaired) electrons. The van der Waals surface area contributed by atoms with E-state index in [1.165, 1.54) is 49.0 Å². The average Bonchev–Trinajstić information content (AvgIpc) is 2.50. The van der Waals surface area contributed by atoms with Gasteiger partial charge in [0.05, 0.1) is 5.60 Å². The number of hydrogen-bond donors (Lipinski definition) is 1. The standard InChI is InChI=1S/C21H33NO/c1-20(2,3)17-10-11-19-16(14-17)8-9-18(21(19,4)23)15-22-12-6-5-7-13-22/h10-11,14,18,23H,5-9,12-13,15H2,1-4H3. The van der Waals surface area contributed by atoms with Crippen molar-refractivity contribution in [3.05, 3.63) is 34.9 Å². The van der Waals surface area contributed by atoms with Gasteiger partial charge >= 0.3 is 0 Å². The maximum atomic E-state index is 11.3. The van der Waals surface area contributed by atoms with Crippen molar-refractivity contribution >= 4 is 0 Å². The summed E-state index contributed by atoms with van der Waals surface area (Å²) in [6.07, 6.45) is 6.22. The molecule has 1 aliphatic heterocycles. The van der Waals surface area contributed by atoms with Gasteiger partial charge in [0.15, 0.2) is 0 Å². The zero-order valence-corrected chi connectivity index (χ0v) is 15.4. The summed E-state index contributed by atoms with van der Waals surface area (Å²) in [6.45, 7) is 12.3. The summed E-state index contributed by atoms with van der Waals surface area (Å²) in [5.74, 6) is 0.355. The first-order chi connectivity index (χ1) is 10.8. The fourth-order valence-electron chi connectivity index (χ4n) is 4.31. The van der Waals surface area contributed by atoms with Gasteiger partial charge in [-0.15, -0.1) is 0 Å². The van der Waals surface area contributed by atoms with Crippen LogP contribution in [0.15, 0.2) is 18.2 Å². The van der Waals surface area contributed by atoms with E-state index in [1.807, 2.05) is 6.92 Å². The summed E-state index contributed by atoms with van der Waals surface area (Å²) in [6, 6.07) is 6.75. The minimum absolute atomic E-state index is 0.172. The SMILES string of the molecule is CC(C)(C)c1ccc2c(c1)CCC(CN1CCCCC1)C2(C)O. The second-order valence-corrected chi connectivity index (χ2v) is 8.87. The molecule has 0 aromatic heterocycles. The van der Waals surface area contributed by atoms with Crippen molar-refractivity contribution in [1.82, 2.24) is 4.90 Å². The third-order valence-corrected chi connectivity index (χ3v) is 6.00. The second kappa shape index (κ2) is 6.22. The van der Waals surface area contributed by atoms with Crippen LogP contribution in [0.4, 0.5) is 0 Å². The Kier molecular flexibility index (Phi) is 4.59. The van der Waals surface area contributed by atoms with Crippen molar-refractivity contribution in [2.75, 3.05) is 19.6 Å². The smallest absolute Gasteiger partial charge is 0.0911 e. The van der Waals surface area contributed by atoms with Gasteiger partial charge in [-0.1, -0.05) is 45.4 Å². The average molecular weight is 316 g/mol. The summed E-state index contributed by atoms with van der Waals surface area (Å²) in [5, 5.41) is 11.3. The molecule has 2 unspecified atom stereocenters. The molecule has 2 heteroatoms. The molecule has 0 bridgehead atoms. The quantitative estimate of drug-likeness (QED) is 0.882. The fraction of sp³-hybridized carbons (Fsp3) is 0.714. The van der Waals surface area contributed by atoms with Crippen LogP contribution in [-0.2, 0) is 17.4 Å². The number of benzene rings is 1. The van der Waals surface area contributed by atoms with Crippen LogP contribution in [0.2, 0.25) is 0 Å². The van der Waals surface area contributed by atoms with Gasteiger partial charge in [-0.05, 0) is 67.8 Å². The highest BCUT2D eigenvalue weighted by atomic mass is 16.3. The summed E-state index contributed by atoms with van der Waals surface area (Å²) in [7, 11) is 0. The monoisotopic (exact) mass is 315 g/mol. The fourth-order valence-corrected chi connectivity index (χ4v) is 4.31. The predicted octanol–water partition coefficient (Wildman–Crippen LogP) is 4.24. The lowest BCUT2D eigenvalue weighted by Crippen LogP contribution is -2.45. The molecule has 1 heterocycles. The minimum Gasteiger partial charge on any atom is -0.385 e. The van der Waals surface area contributed by atoms with Crippen LogP contribution >= 0.6 is 0 Å². The van der Waals surface area contributed by atoms with Crippen LogP contribution < -0.4 is 0 Å². The van der Waals surface area contributed by atoms with E-state index in [0.29, 0.717) is 5.92 Å². The molecular weight excluding hydrogens is 282 g/mol. The number of hydrogen-bond acceptors (Lipinski definition) is 2. The lowest BCUT2D eigenvalue weighted by molar-refractivity contribution is -0.0335. The molecule has 2 aliphatic rings. The Morgan fingerprint density at radius 2 is 1.87 bits per heavy atom. The number of aliphatic hydroxyl groups is 1. The Hall–Kier alpha value is -0.860. The lowest BCUT2D eigenvalue weighted by atomic mass is 9.71. The number of rotatable bonds is 2. The number of likely N-dealkylation sites (tertiary alicyclic amines) is 1. The van der Waals surface area contributed by atoms with Crippen molar-refractivity contribution in [1.29, 1.82) is 0 Å². The van der Waals surface area contributed by atoms with E-state index >= 15 is 0 Å². The Labute approximate surface area is 141 Å². The zero-order valence-electron chi connectivity index (χ0n) is 15.4. The van der Waals surface area contributed by atoms with E-state index in [4.69, 9.17) is 0 Å². The largest absolute Gasteiger partial charge is 0.385 e. The van der Waals surface area contributed by atoms with Gasteiger partial charge in [-0.25, -0.2) is 0 Å². The van der Waals surface area contributed by atoms with Crippen LogP contribution in [0.3, 0.4) is 0 Å². The predicted molar refractivity (Wildman–Crippen MR) is 96.8 cm³/mol. The first-order valence-corrected chi connectivity index (χ1v) is 9.37. The van der Waals surface area contributed by atoms with Crippen molar-refractivity contribution < 1.29 is 5.11 Å². The van der Waals surface area contributed by atoms with Crippen LogP contribution in [0, 0.1) is 5.92 Å². The second-order valence-electron chi connectivity index (χ2n) is 8.87. The highest BCUT2D eigenvalue weighted by molar-refractivity contribution is 5.40. The van der Waals surface area contributed by atoms with Crippen molar-refractivity contribution in [3.63, 3.8) is 0 Å². The molecule has 23 heavy (non-hydrogen) atoms. The molecule has 1 saturated heterocycles. The Bertz CT molecular complexity index is 549. The number of piperidine rings is 1. The van der Waals surface area contributed by atoms with Crippen molar-refractivity contribution in [2.45, 2.75) is 70.8 Å². The van der Waals surface area contributed by atoms with Gasteiger partial charge < -0.3 is 10.0 Å². The van der Waals surface area contributed by atoms with Gasteiger partial charge in [-0.2, -0.15) is 0 Å². The van der Waals surface area contributed by atoms with Crippen LogP contribution in [0.1, 0.15) is 70.1 Å². The molecule has 1 N–H and O–H groups in total. The normalized spacial score (nSPS) is 29.3. The molecule has 3 rings (SSSR count). The molecule has 0 amide bonds. The van der Waals surface area contributed by atoms with E-state index in [1.54, 1.807) is 0 Å². The summed E-state index contributed by atoms with van der Waals surface area (Å²) < 4.78 is 0. The Morgan fingerprint density at radius 3 is 2.52 bits per heavy atom. The molecule has 0 saturated carbocycles. The first kappa shape index (κ1) is 17.0. The van der Waals surface area contributed by atoms with Crippen LogP contribution in [-0.4, -0.2) is 29.6 Å². The van der Waals surface area contributed by atoms with E-state index in [9.17, 15) is 5.11 Å². The summed E-state index contributed by atoms with van der Waals surface area (Å²) in [5.41, 5.74) is 3.38. The molecule has 2 atom stereocenters. The number of nitrogens with zero attached hydrogens (tertiary/aromatic N) is 1. The third kappa shape index (κ3) is 3.49. The summed E-state index contributed by atoms with van der Waals surface area (Å²) >= 11 is 0. The molecular formula is C21H33NO. The maximum absolute atomic E-state index is 11.3. The molecule has 1 aliphatic carbocycles. The van der Waals surface area contributed by atoms with Crippen molar-refractivity contribution in [3.8, 4) is 0 Å². The van der Waals surface area contributed by atoms with Crippen molar-refractivity contribution in [2.24, 2.45) is 5.92 Å². The van der Waals surface area contributed by atoms with Gasteiger partial charge in [0, 0.05) is 12.5 Å². The highest BCUT2D eigenvalue weighted by Crippen LogP contribution is 2.41. The first-order valence-electron chi connectivity index (χ1n) is 9.37. The molecule has 128 valence electrons. The molecule has 1 fully saturated rings. The van der Waals surface area contributed by atoms with E-state index in [-0.39, 0.29) is 5.41 Å². The van der Waals surface area contributed by atoms with Gasteiger partial charge in [0.1, 0.15) is 0 Å². The summed E-state index contributed by atoms with van der Waals surface area (Å²) in [4.78, 5) is 2.57. The minimum atomic E-state index is -0.693. The highest BCUT2D eigenvalue weighted by Gasteiger charge is 2.39. The van der Waals surface area contributed by atoms with Gasteiger partial charge in [0.2, 0.25) is 0 Å². The Balaban J connectivity index is 1.81. The topological polar surface area (TPSA) is 23.5 Å². The van der Waals surface area contributed by atoms with E-state index in [2.05, 4.69) is 43.9 Å². The van der Waals surface area contributed by atoms with Crippen LogP contribution in [0.25, 0.3) is 0 Å². The molecule has 2 nitrogen and oxygen atoms in total. The number of fused-ring (bicyclic) bond motifs is 1. The zero-order chi connectivity index (χ0) is 16.7. The Morgan fingerprint density at radius 1 is 1.17 bits per heavy atom. The maximum Gasteiger partial charge on any atom is 0.0911 e. The molecule has 1 aromatic rings. The van der Waals surface area contributed by atoms with Crippen LogP contribution in [0.5, 0.6) is 0 Å². The molecule has 0 spiro atoms. The van der Waals surface area contributed by atoms with E-state index < -0.39 is 5.60 Å². The van der Waals surface area contributed by atoms with Gasteiger partial charge in [-0.3, -0.25) is 0 Å². The number of aryl methyl sites for hydroxylation is 1.